The van der Waals surface area contributed by atoms with Crippen LogP contribution < -0.4 is 9.47 Å². The maximum absolute atomic E-state index is 6.03. The van der Waals surface area contributed by atoms with E-state index >= 15 is 0 Å². The molecule has 3 heterocycles. The topological polar surface area (TPSA) is 59.6 Å². The van der Waals surface area contributed by atoms with Gasteiger partial charge in [0.2, 0.25) is 0 Å². The van der Waals surface area contributed by atoms with Gasteiger partial charge in [0, 0.05) is 54.2 Å². The summed E-state index contributed by atoms with van der Waals surface area (Å²) in [5.74, 6) is 1.98. The van der Waals surface area contributed by atoms with Crippen LogP contribution in [0.3, 0.4) is 0 Å². The molecule has 1 N–H and O–H groups in total. The van der Waals surface area contributed by atoms with Gasteiger partial charge in [0.15, 0.2) is 11.5 Å². The molecule has 6 nitrogen and oxygen atoms in total. The van der Waals surface area contributed by atoms with Gasteiger partial charge in [0.05, 0.1) is 24.9 Å². The van der Waals surface area contributed by atoms with E-state index in [-0.39, 0.29) is 12.4 Å². The molecule has 0 amide bonds. The molecule has 1 fully saturated rings. The van der Waals surface area contributed by atoms with E-state index in [1.165, 1.54) is 5.39 Å². The number of methoxy groups -OCH3 is 1. The van der Waals surface area contributed by atoms with Crippen molar-refractivity contribution in [3.8, 4) is 11.5 Å². The fourth-order valence-electron chi connectivity index (χ4n) is 4.00. The van der Waals surface area contributed by atoms with E-state index < -0.39 is 0 Å². The quantitative estimate of drug-likeness (QED) is 0.576. The van der Waals surface area contributed by atoms with Gasteiger partial charge in [-0.3, -0.25) is 4.98 Å². The molecule has 0 atom stereocenters. The van der Waals surface area contributed by atoms with Gasteiger partial charge in [-0.15, -0.1) is 12.4 Å². The predicted molar refractivity (Wildman–Crippen MR) is 119 cm³/mol. The fraction of sp³-hybridized carbons (Fsp3) is 0.500. The number of nitrogens with zero attached hydrogens (tertiary/aromatic N) is 2. The molecule has 1 aromatic carbocycles. The van der Waals surface area contributed by atoms with Crippen LogP contribution in [0, 0.1) is 0 Å². The number of H-pyrrole nitrogens is 1. The van der Waals surface area contributed by atoms with Gasteiger partial charge in [0.25, 0.3) is 0 Å². The molecule has 0 spiro atoms. The van der Waals surface area contributed by atoms with Crippen molar-refractivity contribution in [2.45, 2.75) is 25.2 Å². The van der Waals surface area contributed by atoms with E-state index in [1.54, 1.807) is 7.11 Å². The number of fused-ring (bicyclic) bond motifs is 3. The smallest absolute Gasteiger partial charge is 0.163 e. The summed E-state index contributed by atoms with van der Waals surface area (Å²) in [5, 5.41) is 2.34. The second-order valence-corrected chi connectivity index (χ2v) is 7.68. The first-order chi connectivity index (χ1) is 13.7. The zero-order chi connectivity index (χ0) is 19.5. The molecule has 0 radical (unpaired) electrons. The Morgan fingerprint density at radius 2 is 1.97 bits per heavy atom. The van der Waals surface area contributed by atoms with Crippen LogP contribution in [-0.4, -0.2) is 62.4 Å². The summed E-state index contributed by atoms with van der Waals surface area (Å²) in [6, 6.07) is 6.18. The summed E-state index contributed by atoms with van der Waals surface area (Å²) in [6.07, 6.45) is 4.91. The number of aromatic amines is 1. The zero-order valence-electron chi connectivity index (χ0n) is 17.4. The lowest BCUT2D eigenvalue weighted by Gasteiger charge is -2.22. The first-order valence-electron chi connectivity index (χ1n) is 10.0. The summed E-state index contributed by atoms with van der Waals surface area (Å²) in [7, 11) is 5.84. The Labute approximate surface area is 177 Å². The van der Waals surface area contributed by atoms with Crippen LogP contribution >= 0.6 is 12.4 Å². The maximum Gasteiger partial charge on any atom is 0.163 e. The van der Waals surface area contributed by atoms with Crippen LogP contribution in [0.5, 0.6) is 11.5 Å². The number of hydrogen-bond acceptors (Lipinski definition) is 5. The van der Waals surface area contributed by atoms with E-state index in [0.717, 1.165) is 72.6 Å². The lowest BCUT2D eigenvalue weighted by atomic mass is 9.93. The molecule has 1 aliphatic rings. The number of ether oxygens (including phenoxy) is 3. The highest BCUT2D eigenvalue weighted by molar-refractivity contribution is 6.09. The largest absolute Gasteiger partial charge is 0.493 e. The van der Waals surface area contributed by atoms with Crippen LogP contribution in [0.15, 0.2) is 24.4 Å². The second-order valence-electron chi connectivity index (χ2n) is 7.68. The maximum atomic E-state index is 6.03. The zero-order valence-corrected chi connectivity index (χ0v) is 18.2. The third kappa shape index (κ3) is 4.60. The normalized spacial score (nSPS) is 15.0. The number of halogens is 1. The average molecular weight is 420 g/mol. The number of rotatable bonds is 7. The molecule has 158 valence electrons. The molecule has 3 aromatic rings. The lowest BCUT2D eigenvalue weighted by Crippen LogP contribution is -2.15. The number of hydrogen-bond donors (Lipinski definition) is 1. The minimum Gasteiger partial charge on any atom is -0.493 e. The number of nitrogens with one attached hydrogen (secondary N) is 1. The first kappa shape index (κ1) is 21.7. The van der Waals surface area contributed by atoms with Gasteiger partial charge < -0.3 is 24.1 Å². The Balaban J connectivity index is 0.00000240. The molecule has 29 heavy (non-hydrogen) atoms. The van der Waals surface area contributed by atoms with Gasteiger partial charge in [-0.1, -0.05) is 0 Å². The Kier molecular flexibility index (Phi) is 7.22. The molecule has 0 saturated carbocycles. The van der Waals surface area contributed by atoms with Crippen LogP contribution in [0.2, 0.25) is 0 Å². The Morgan fingerprint density at radius 3 is 2.69 bits per heavy atom. The van der Waals surface area contributed by atoms with Crippen LogP contribution in [-0.2, 0) is 4.74 Å². The van der Waals surface area contributed by atoms with Crippen LogP contribution in [0.1, 0.15) is 30.9 Å². The van der Waals surface area contributed by atoms with Crippen molar-refractivity contribution < 1.29 is 14.2 Å². The molecular weight excluding hydrogens is 390 g/mol. The Hall–Kier alpha value is -2.02. The van der Waals surface area contributed by atoms with E-state index in [9.17, 15) is 0 Å². The van der Waals surface area contributed by atoms with Gasteiger partial charge in [-0.05, 0) is 45.5 Å². The highest BCUT2D eigenvalue weighted by Gasteiger charge is 2.22. The SMILES string of the molecule is COc1cc2c(cc1OCCCN(C)C)[nH]c1ccnc(C3CCOCC3)c12.Cl. The van der Waals surface area contributed by atoms with Crippen molar-refractivity contribution in [3.63, 3.8) is 0 Å². The third-order valence-electron chi connectivity index (χ3n) is 5.44. The fourth-order valence-corrected chi connectivity index (χ4v) is 4.00. The Morgan fingerprint density at radius 1 is 1.17 bits per heavy atom. The van der Waals surface area contributed by atoms with Crippen molar-refractivity contribution >= 4 is 34.2 Å². The van der Waals surface area contributed by atoms with E-state index in [2.05, 4.69) is 36.1 Å². The van der Waals surface area contributed by atoms with Crippen molar-refractivity contribution in [2.24, 2.45) is 0 Å². The molecule has 0 unspecified atom stereocenters. The van der Waals surface area contributed by atoms with Crippen molar-refractivity contribution in [1.29, 1.82) is 0 Å². The van der Waals surface area contributed by atoms with E-state index in [0.29, 0.717) is 12.5 Å². The second kappa shape index (κ2) is 9.65. The van der Waals surface area contributed by atoms with Gasteiger partial charge in [-0.25, -0.2) is 0 Å². The van der Waals surface area contributed by atoms with Crippen LogP contribution in [0.25, 0.3) is 21.8 Å². The molecule has 0 bridgehead atoms. The van der Waals surface area contributed by atoms with Gasteiger partial charge >= 0.3 is 0 Å². The predicted octanol–water partition coefficient (Wildman–Crippen LogP) is 4.37. The summed E-state index contributed by atoms with van der Waals surface area (Å²) < 4.78 is 17.2. The molecule has 1 aliphatic heterocycles. The monoisotopic (exact) mass is 419 g/mol. The number of benzene rings is 1. The molecule has 7 heteroatoms. The lowest BCUT2D eigenvalue weighted by molar-refractivity contribution is 0.0848. The van der Waals surface area contributed by atoms with Gasteiger partial charge in [-0.2, -0.15) is 0 Å². The summed E-state index contributed by atoms with van der Waals surface area (Å²) in [4.78, 5) is 10.5. The molecule has 1 saturated heterocycles. The van der Waals surface area contributed by atoms with Crippen molar-refractivity contribution in [2.75, 3.05) is 47.6 Å². The summed E-state index contributed by atoms with van der Waals surface area (Å²) in [6.45, 7) is 3.27. The minimum atomic E-state index is 0. The highest BCUT2D eigenvalue weighted by atomic mass is 35.5. The standard InChI is InChI=1S/C22H29N3O3.ClH/c1-25(2)9-4-10-28-20-14-18-16(13-19(20)26-3)21-17(24-18)5-8-23-22(21)15-6-11-27-12-7-15;/h5,8,13-15,24H,4,6-7,9-12H2,1-3H3;1H. The average Bonchev–Trinajstić information content (AvgIpc) is 3.08. The molecule has 2 aromatic heterocycles. The number of aromatic nitrogens is 2. The van der Waals surface area contributed by atoms with E-state index in [1.807, 2.05) is 12.3 Å². The van der Waals surface area contributed by atoms with Crippen molar-refractivity contribution in [1.82, 2.24) is 14.9 Å². The summed E-state index contributed by atoms with van der Waals surface area (Å²) >= 11 is 0. The minimum absolute atomic E-state index is 0. The van der Waals surface area contributed by atoms with Crippen molar-refractivity contribution in [3.05, 3.63) is 30.1 Å². The number of pyridine rings is 1. The van der Waals surface area contributed by atoms with E-state index in [4.69, 9.17) is 19.2 Å². The van der Waals surface area contributed by atoms with Crippen LogP contribution in [0.4, 0.5) is 0 Å². The highest BCUT2D eigenvalue weighted by Crippen LogP contribution is 2.39. The third-order valence-corrected chi connectivity index (χ3v) is 5.44. The molecule has 4 rings (SSSR count). The molecular formula is C22H30ClN3O3. The molecule has 0 aliphatic carbocycles. The Bertz CT molecular complexity index is 951. The first-order valence-corrected chi connectivity index (χ1v) is 10.0. The summed E-state index contributed by atoms with van der Waals surface area (Å²) in [5.41, 5.74) is 3.33. The van der Waals surface area contributed by atoms with Gasteiger partial charge in [0.1, 0.15) is 0 Å².